The van der Waals surface area contributed by atoms with E-state index in [9.17, 15) is 8.42 Å². The summed E-state index contributed by atoms with van der Waals surface area (Å²) >= 11 is 0. The molecule has 1 aromatic carbocycles. The highest BCUT2D eigenvalue weighted by atomic mass is 32.2. The highest BCUT2D eigenvalue weighted by Gasteiger charge is 2.16. The van der Waals surface area contributed by atoms with Crippen molar-refractivity contribution in [3.05, 3.63) is 36.8 Å². The van der Waals surface area contributed by atoms with Crippen molar-refractivity contribution in [3.63, 3.8) is 0 Å². The summed E-state index contributed by atoms with van der Waals surface area (Å²) in [5.74, 6) is 0. The number of nitrogens with zero attached hydrogens (tertiary/aromatic N) is 1. The smallest absolute Gasteiger partial charge is 0.207 e. The first kappa shape index (κ1) is 10.2. The second-order valence-electron chi connectivity index (χ2n) is 2.86. The summed E-state index contributed by atoms with van der Waals surface area (Å²) in [6.45, 7) is 5.47. The van der Waals surface area contributed by atoms with Crippen LogP contribution in [0.4, 0.5) is 0 Å². The quantitative estimate of drug-likeness (QED) is 0.709. The fourth-order valence-corrected chi connectivity index (χ4v) is 1.84. The van der Waals surface area contributed by atoms with Crippen LogP contribution in [0.3, 0.4) is 0 Å². The predicted octanol–water partition coefficient (Wildman–Crippen LogP) is 0.996. The lowest BCUT2D eigenvalue weighted by molar-refractivity contribution is 0.520. The molecular formula is C9H11NO2S. The molecule has 0 atom stereocenters. The third-order valence-electron chi connectivity index (χ3n) is 1.64. The van der Waals surface area contributed by atoms with Crippen LogP contribution in [0.5, 0.6) is 0 Å². The Hall–Kier alpha value is -0.870. The first-order chi connectivity index (χ1) is 5.94. The lowest BCUT2D eigenvalue weighted by Crippen LogP contribution is -2.22. The second-order valence-corrected chi connectivity index (χ2v) is 5.01. The summed E-state index contributed by atoms with van der Waals surface area (Å²) in [6, 6.07) is 6.22. The predicted molar refractivity (Wildman–Crippen MR) is 50.7 cm³/mol. The normalized spacial score (nSPS) is 12.0. The molecular weight excluding hydrogens is 186 g/mol. The molecule has 4 heteroatoms. The third-order valence-corrected chi connectivity index (χ3v) is 3.45. The van der Waals surface area contributed by atoms with Gasteiger partial charge in [0.2, 0.25) is 10.0 Å². The van der Waals surface area contributed by atoms with Crippen LogP contribution in [0.25, 0.3) is 0 Å². The largest absolute Gasteiger partial charge is 0.242 e. The monoisotopic (exact) mass is 197 g/mol. The van der Waals surface area contributed by atoms with Gasteiger partial charge in [-0.25, -0.2) is 12.7 Å². The molecule has 13 heavy (non-hydrogen) atoms. The molecule has 1 aromatic rings. The van der Waals surface area contributed by atoms with Gasteiger partial charge in [0.05, 0.1) is 4.90 Å². The van der Waals surface area contributed by atoms with Crippen molar-refractivity contribution < 1.29 is 8.42 Å². The summed E-state index contributed by atoms with van der Waals surface area (Å²) in [6.07, 6.45) is 0. The molecule has 0 aliphatic heterocycles. The fraction of sp³-hybridized carbons (Fsp3) is 0.222. The van der Waals surface area contributed by atoms with Crippen molar-refractivity contribution in [2.45, 2.75) is 4.90 Å². The second kappa shape index (κ2) is 3.47. The summed E-state index contributed by atoms with van der Waals surface area (Å²) in [5.41, 5.74) is 0.447. The lowest BCUT2D eigenvalue weighted by atomic mass is 10.2. The topological polar surface area (TPSA) is 37.4 Å². The van der Waals surface area contributed by atoms with Crippen molar-refractivity contribution in [1.29, 1.82) is 0 Å². The van der Waals surface area contributed by atoms with Gasteiger partial charge < -0.3 is 0 Å². The van der Waals surface area contributed by atoms with Gasteiger partial charge >= 0.3 is 0 Å². The molecule has 0 aromatic heterocycles. The molecule has 0 unspecified atom stereocenters. The van der Waals surface area contributed by atoms with E-state index in [1.807, 2.05) is 0 Å². The van der Waals surface area contributed by atoms with E-state index in [1.165, 1.54) is 26.2 Å². The molecule has 3 nitrogen and oxygen atoms in total. The Balaban J connectivity index is 3.24. The Kier molecular flexibility index (Phi) is 2.73. The maximum Gasteiger partial charge on any atom is 0.242 e. The summed E-state index contributed by atoms with van der Waals surface area (Å²) in [4.78, 5) is 0.220. The summed E-state index contributed by atoms with van der Waals surface area (Å²) in [7, 11) is -0.377. The molecule has 0 saturated heterocycles. The minimum Gasteiger partial charge on any atom is -0.207 e. The van der Waals surface area contributed by atoms with Crippen molar-refractivity contribution in [1.82, 2.24) is 4.31 Å². The van der Waals surface area contributed by atoms with E-state index in [1.54, 1.807) is 12.1 Å². The maximum atomic E-state index is 11.6. The molecule has 0 spiro atoms. The molecule has 0 aliphatic rings. The zero-order valence-corrected chi connectivity index (χ0v) is 8.38. The highest BCUT2D eigenvalue weighted by molar-refractivity contribution is 7.89. The van der Waals surface area contributed by atoms with Crippen LogP contribution in [0.2, 0.25) is 0 Å². The minimum absolute atomic E-state index is 0.220. The van der Waals surface area contributed by atoms with E-state index in [-0.39, 0.29) is 4.90 Å². The Morgan fingerprint density at radius 1 is 1.31 bits per heavy atom. The average Bonchev–Trinajstić information content (AvgIpc) is 2.04. The van der Waals surface area contributed by atoms with Crippen LogP contribution in [-0.4, -0.2) is 26.8 Å². The van der Waals surface area contributed by atoms with Crippen LogP contribution >= 0.6 is 0 Å². The van der Waals surface area contributed by atoms with E-state index < -0.39 is 10.0 Å². The van der Waals surface area contributed by atoms with Crippen LogP contribution in [0.15, 0.2) is 29.2 Å². The molecule has 70 valence electrons. The lowest BCUT2D eigenvalue weighted by Gasteiger charge is -2.11. The molecule has 0 N–H and O–H groups in total. The van der Waals surface area contributed by atoms with Crippen LogP contribution < -0.4 is 0 Å². The van der Waals surface area contributed by atoms with Crippen molar-refractivity contribution in [2.24, 2.45) is 0 Å². The zero-order valence-electron chi connectivity index (χ0n) is 7.56. The number of rotatable bonds is 2. The number of sulfonamides is 1. The van der Waals surface area contributed by atoms with Crippen molar-refractivity contribution in [2.75, 3.05) is 14.1 Å². The van der Waals surface area contributed by atoms with Gasteiger partial charge in [0, 0.05) is 14.1 Å². The molecule has 0 saturated carbocycles. The summed E-state index contributed by atoms with van der Waals surface area (Å²) in [5, 5.41) is 0. The Morgan fingerprint density at radius 3 is 2.38 bits per heavy atom. The SMILES string of the molecule is [CH]c1cccc(S(=O)(=O)N(C)C)c1. The van der Waals surface area contributed by atoms with Gasteiger partial charge in [-0.05, 0) is 24.6 Å². The van der Waals surface area contributed by atoms with Gasteiger partial charge in [-0.2, -0.15) is 0 Å². The molecule has 0 bridgehead atoms. The molecule has 0 fully saturated rings. The first-order valence-corrected chi connectivity index (χ1v) is 5.16. The Labute approximate surface area is 79.0 Å². The standard InChI is InChI=1S/C9H11NO2S/c1-8-5-4-6-9(7-8)13(11,12)10(2)3/h1,4-7H,2-3H3. The van der Waals surface area contributed by atoms with E-state index in [0.29, 0.717) is 5.56 Å². The van der Waals surface area contributed by atoms with Crippen LogP contribution in [0.1, 0.15) is 5.56 Å². The Bertz CT molecular complexity index is 396. The fourth-order valence-electron chi connectivity index (χ4n) is 0.886. The van der Waals surface area contributed by atoms with Crippen molar-refractivity contribution in [3.8, 4) is 0 Å². The van der Waals surface area contributed by atoms with E-state index in [4.69, 9.17) is 6.92 Å². The van der Waals surface area contributed by atoms with Gasteiger partial charge in [-0.3, -0.25) is 0 Å². The number of hydrogen-bond acceptors (Lipinski definition) is 2. The summed E-state index contributed by atoms with van der Waals surface area (Å²) < 4.78 is 24.3. The van der Waals surface area contributed by atoms with Crippen molar-refractivity contribution >= 4 is 10.0 Å². The Morgan fingerprint density at radius 2 is 1.92 bits per heavy atom. The molecule has 0 heterocycles. The molecule has 1 rings (SSSR count). The van der Waals surface area contributed by atoms with Gasteiger partial charge in [0.1, 0.15) is 0 Å². The number of benzene rings is 1. The van der Waals surface area contributed by atoms with Crippen LogP contribution in [0, 0.1) is 6.92 Å². The van der Waals surface area contributed by atoms with Crippen LogP contribution in [-0.2, 0) is 10.0 Å². The molecule has 0 aliphatic carbocycles. The maximum absolute atomic E-state index is 11.6. The number of hydrogen-bond donors (Lipinski definition) is 0. The molecule has 2 radical (unpaired) electrons. The van der Waals surface area contributed by atoms with E-state index >= 15 is 0 Å². The van der Waals surface area contributed by atoms with E-state index in [2.05, 4.69) is 0 Å². The van der Waals surface area contributed by atoms with Gasteiger partial charge in [-0.1, -0.05) is 12.1 Å². The van der Waals surface area contributed by atoms with E-state index in [0.717, 1.165) is 4.31 Å². The highest BCUT2D eigenvalue weighted by Crippen LogP contribution is 2.13. The van der Waals surface area contributed by atoms with Gasteiger partial charge in [0.25, 0.3) is 0 Å². The molecule has 0 amide bonds. The third kappa shape index (κ3) is 2.08. The average molecular weight is 197 g/mol. The zero-order chi connectivity index (χ0) is 10.1. The van der Waals surface area contributed by atoms with Gasteiger partial charge in [-0.15, -0.1) is 0 Å². The minimum atomic E-state index is -3.35. The van der Waals surface area contributed by atoms with Gasteiger partial charge in [0.15, 0.2) is 0 Å². The first-order valence-electron chi connectivity index (χ1n) is 3.72.